The molecule has 0 bridgehead atoms. The van der Waals surface area contributed by atoms with Crippen LogP contribution in [0.15, 0.2) is 22.8 Å². The summed E-state index contributed by atoms with van der Waals surface area (Å²) in [7, 11) is 1.71. The van der Waals surface area contributed by atoms with Crippen LogP contribution in [0.3, 0.4) is 0 Å². The Morgan fingerprint density at radius 1 is 1.40 bits per heavy atom. The zero-order valence-corrected chi connectivity index (χ0v) is 10.8. The summed E-state index contributed by atoms with van der Waals surface area (Å²) in [6.45, 7) is 5.21. The van der Waals surface area contributed by atoms with E-state index in [4.69, 9.17) is 4.74 Å². The molecule has 0 atom stereocenters. The maximum Gasteiger partial charge on any atom is 0.128 e. The molecule has 0 N–H and O–H groups in total. The molecule has 0 unspecified atom stereocenters. The summed E-state index contributed by atoms with van der Waals surface area (Å²) >= 11 is 3.62. The number of methoxy groups -OCH3 is 1. The average Bonchev–Trinajstić information content (AvgIpc) is 2.51. The van der Waals surface area contributed by atoms with Gasteiger partial charge in [-0.2, -0.15) is 0 Å². The van der Waals surface area contributed by atoms with E-state index in [1.54, 1.807) is 7.11 Å². The Morgan fingerprint density at radius 3 is 2.73 bits per heavy atom. The van der Waals surface area contributed by atoms with Crippen LogP contribution in [0.2, 0.25) is 0 Å². The molecule has 0 aliphatic heterocycles. The van der Waals surface area contributed by atoms with Gasteiger partial charge in [0.1, 0.15) is 5.75 Å². The molecule has 3 heteroatoms. The van der Waals surface area contributed by atoms with E-state index in [0.29, 0.717) is 0 Å². The summed E-state index contributed by atoms with van der Waals surface area (Å²) < 4.78 is 8.77. The van der Waals surface area contributed by atoms with E-state index in [9.17, 15) is 0 Å². The van der Waals surface area contributed by atoms with E-state index in [0.717, 1.165) is 16.9 Å². The van der Waals surface area contributed by atoms with Gasteiger partial charge in [0.25, 0.3) is 0 Å². The van der Waals surface area contributed by atoms with Crippen molar-refractivity contribution in [2.75, 3.05) is 7.11 Å². The highest BCUT2D eigenvalue weighted by molar-refractivity contribution is 9.10. The molecular weight excluding hydrogens is 254 g/mol. The molecule has 0 aliphatic rings. The highest BCUT2D eigenvalue weighted by Gasteiger charge is 2.13. The maximum absolute atomic E-state index is 5.39. The number of halogens is 1. The predicted molar refractivity (Wildman–Crippen MR) is 66.6 cm³/mol. The smallest absolute Gasteiger partial charge is 0.128 e. The maximum atomic E-state index is 5.39. The van der Waals surface area contributed by atoms with Crippen LogP contribution < -0.4 is 4.74 Å². The first-order valence-electron chi connectivity index (χ1n) is 5.02. The van der Waals surface area contributed by atoms with Gasteiger partial charge in [0.05, 0.1) is 17.2 Å². The number of nitrogens with zero attached hydrogens (tertiary/aromatic N) is 1. The number of aryl methyl sites for hydroxylation is 2. The van der Waals surface area contributed by atoms with Gasteiger partial charge in [-0.15, -0.1) is 0 Å². The van der Waals surface area contributed by atoms with Crippen molar-refractivity contribution in [2.45, 2.75) is 20.4 Å². The van der Waals surface area contributed by atoms with Crippen molar-refractivity contribution in [3.63, 3.8) is 0 Å². The second-order valence-corrected chi connectivity index (χ2v) is 4.27. The van der Waals surface area contributed by atoms with E-state index in [1.165, 1.54) is 16.5 Å². The third kappa shape index (κ3) is 1.46. The lowest BCUT2D eigenvalue weighted by Gasteiger charge is -2.04. The van der Waals surface area contributed by atoms with Crippen molar-refractivity contribution >= 4 is 26.8 Å². The summed E-state index contributed by atoms with van der Waals surface area (Å²) in [5.74, 6) is 0.943. The average molecular weight is 268 g/mol. The molecule has 2 nitrogen and oxygen atoms in total. The van der Waals surface area contributed by atoms with Gasteiger partial charge in [-0.1, -0.05) is 6.07 Å². The fourth-order valence-electron chi connectivity index (χ4n) is 2.01. The molecule has 2 aromatic rings. The Morgan fingerprint density at radius 2 is 2.13 bits per heavy atom. The van der Waals surface area contributed by atoms with Crippen molar-refractivity contribution in [3.8, 4) is 5.75 Å². The molecule has 0 saturated heterocycles. The molecule has 1 heterocycles. The molecule has 0 aliphatic carbocycles. The van der Waals surface area contributed by atoms with Gasteiger partial charge in [-0.05, 0) is 47.5 Å². The first-order valence-corrected chi connectivity index (χ1v) is 5.81. The fraction of sp³-hybridized carbons (Fsp3) is 0.333. The van der Waals surface area contributed by atoms with E-state index >= 15 is 0 Å². The van der Waals surface area contributed by atoms with Crippen molar-refractivity contribution in [3.05, 3.63) is 28.4 Å². The van der Waals surface area contributed by atoms with Crippen LogP contribution in [-0.2, 0) is 6.54 Å². The molecule has 15 heavy (non-hydrogen) atoms. The number of rotatable bonds is 2. The number of hydrogen-bond donors (Lipinski definition) is 0. The topological polar surface area (TPSA) is 14.2 Å². The minimum atomic E-state index is 0.943. The van der Waals surface area contributed by atoms with E-state index < -0.39 is 0 Å². The van der Waals surface area contributed by atoms with E-state index in [-0.39, 0.29) is 0 Å². The molecule has 80 valence electrons. The molecule has 1 aromatic carbocycles. The summed E-state index contributed by atoms with van der Waals surface area (Å²) in [6, 6.07) is 6.15. The van der Waals surface area contributed by atoms with Gasteiger partial charge in [-0.25, -0.2) is 0 Å². The molecule has 0 amide bonds. The standard InChI is InChI=1S/C12H14BrNO/c1-4-14-9-6-5-7-10(15-3)11(9)8(2)12(14)13/h5-7H,4H2,1-3H3. The molecule has 0 fully saturated rings. The molecular formula is C12H14BrNO. The predicted octanol–water partition coefficient (Wildman–Crippen LogP) is 3.74. The number of fused-ring (bicyclic) bond motifs is 1. The minimum absolute atomic E-state index is 0.943. The SMILES string of the molecule is CCn1c(Br)c(C)c2c(OC)cccc21. The quantitative estimate of drug-likeness (QED) is 0.809. The fourth-order valence-corrected chi connectivity index (χ4v) is 2.65. The number of aromatic nitrogens is 1. The Hall–Kier alpha value is -0.960. The van der Waals surface area contributed by atoms with Crippen LogP contribution in [0.1, 0.15) is 12.5 Å². The lowest BCUT2D eigenvalue weighted by Crippen LogP contribution is -1.93. The second kappa shape index (κ2) is 3.89. The van der Waals surface area contributed by atoms with Crippen LogP contribution >= 0.6 is 15.9 Å². The Kier molecular flexibility index (Phi) is 2.74. The van der Waals surface area contributed by atoms with Crippen molar-refractivity contribution < 1.29 is 4.74 Å². The lowest BCUT2D eigenvalue weighted by molar-refractivity contribution is 0.419. The van der Waals surface area contributed by atoms with Crippen molar-refractivity contribution in [1.82, 2.24) is 4.57 Å². The first-order chi connectivity index (χ1) is 7.20. The summed E-state index contributed by atoms with van der Waals surface area (Å²) in [6.07, 6.45) is 0. The summed E-state index contributed by atoms with van der Waals surface area (Å²) in [5.41, 5.74) is 2.46. The third-order valence-electron chi connectivity index (χ3n) is 2.75. The van der Waals surface area contributed by atoms with Gasteiger partial charge in [-0.3, -0.25) is 0 Å². The van der Waals surface area contributed by atoms with Crippen LogP contribution in [0.25, 0.3) is 10.9 Å². The van der Waals surface area contributed by atoms with Gasteiger partial charge in [0.15, 0.2) is 0 Å². The molecule has 1 aromatic heterocycles. The monoisotopic (exact) mass is 267 g/mol. The molecule has 0 spiro atoms. The number of hydrogen-bond acceptors (Lipinski definition) is 1. The Bertz CT molecular complexity index is 502. The van der Waals surface area contributed by atoms with E-state index in [1.807, 2.05) is 12.1 Å². The molecule has 0 radical (unpaired) electrons. The summed E-state index contributed by atoms with van der Waals surface area (Å²) in [4.78, 5) is 0. The van der Waals surface area contributed by atoms with Gasteiger partial charge in [0.2, 0.25) is 0 Å². The van der Waals surface area contributed by atoms with Crippen LogP contribution in [0, 0.1) is 6.92 Å². The zero-order chi connectivity index (χ0) is 11.0. The molecule has 2 rings (SSSR count). The highest BCUT2D eigenvalue weighted by Crippen LogP contribution is 2.35. The summed E-state index contributed by atoms with van der Waals surface area (Å²) in [5, 5.41) is 1.20. The lowest BCUT2D eigenvalue weighted by atomic mass is 10.2. The van der Waals surface area contributed by atoms with Gasteiger partial charge < -0.3 is 9.30 Å². The normalized spacial score (nSPS) is 10.9. The van der Waals surface area contributed by atoms with Crippen molar-refractivity contribution in [2.24, 2.45) is 0 Å². The third-order valence-corrected chi connectivity index (χ3v) is 3.78. The second-order valence-electron chi connectivity index (χ2n) is 3.51. The largest absolute Gasteiger partial charge is 0.496 e. The first kappa shape index (κ1) is 10.6. The number of benzene rings is 1. The van der Waals surface area contributed by atoms with Crippen LogP contribution in [0.5, 0.6) is 5.75 Å². The number of ether oxygens (including phenoxy) is 1. The van der Waals surface area contributed by atoms with Crippen LogP contribution in [-0.4, -0.2) is 11.7 Å². The van der Waals surface area contributed by atoms with Gasteiger partial charge >= 0.3 is 0 Å². The zero-order valence-electron chi connectivity index (χ0n) is 9.17. The van der Waals surface area contributed by atoms with Crippen molar-refractivity contribution in [1.29, 1.82) is 0 Å². The molecule has 0 saturated carbocycles. The Balaban J connectivity index is 2.89. The van der Waals surface area contributed by atoms with Crippen LogP contribution in [0.4, 0.5) is 0 Å². The van der Waals surface area contributed by atoms with Gasteiger partial charge in [0, 0.05) is 11.9 Å². The highest BCUT2D eigenvalue weighted by atomic mass is 79.9. The van der Waals surface area contributed by atoms with E-state index in [2.05, 4.69) is 40.4 Å². The minimum Gasteiger partial charge on any atom is -0.496 e. The Labute approximate surface area is 98.0 Å².